The summed E-state index contributed by atoms with van der Waals surface area (Å²) >= 11 is 0. The number of hydrogen-bond acceptors (Lipinski definition) is 5. The number of sulfonamides is 1. The van der Waals surface area contributed by atoms with Crippen molar-refractivity contribution in [3.05, 3.63) is 33.9 Å². The summed E-state index contributed by atoms with van der Waals surface area (Å²) in [6.07, 6.45) is 0.740. The fourth-order valence-corrected chi connectivity index (χ4v) is 3.66. The van der Waals surface area contributed by atoms with E-state index in [4.69, 9.17) is 0 Å². The van der Waals surface area contributed by atoms with E-state index in [-0.39, 0.29) is 29.0 Å². The molecule has 0 aromatic heterocycles. The highest BCUT2D eigenvalue weighted by Gasteiger charge is 2.31. The first-order valence-electron chi connectivity index (χ1n) is 6.28. The van der Waals surface area contributed by atoms with Gasteiger partial charge in [-0.25, -0.2) is 8.42 Å². The number of aryl methyl sites for hydroxylation is 1. The molecule has 21 heavy (non-hydrogen) atoms. The number of benzene rings is 1. The monoisotopic (exact) mass is 335 g/mol. The van der Waals surface area contributed by atoms with Crippen LogP contribution >= 0.6 is 12.4 Å². The van der Waals surface area contributed by atoms with E-state index in [9.17, 15) is 18.5 Å². The lowest BCUT2D eigenvalue weighted by Gasteiger charge is -2.23. The van der Waals surface area contributed by atoms with Gasteiger partial charge in [0.1, 0.15) is 0 Å². The third-order valence-electron chi connectivity index (χ3n) is 3.60. The summed E-state index contributed by atoms with van der Waals surface area (Å²) in [5.41, 5.74) is 0.267. The molecule has 9 heteroatoms. The Hall–Kier alpha value is -1.22. The van der Waals surface area contributed by atoms with Crippen LogP contribution in [0.3, 0.4) is 0 Å². The number of halogens is 1. The van der Waals surface area contributed by atoms with Gasteiger partial charge < -0.3 is 5.32 Å². The Morgan fingerprint density at radius 3 is 2.62 bits per heavy atom. The third kappa shape index (κ3) is 3.52. The molecule has 0 aliphatic carbocycles. The van der Waals surface area contributed by atoms with Crippen LogP contribution in [0, 0.1) is 17.0 Å². The van der Waals surface area contributed by atoms with Gasteiger partial charge in [0.2, 0.25) is 10.0 Å². The van der Waals surface area contributed by atoms with Crippen molar-refractivity contribution in [2.45, 2.75) is 24.3 Å². The van der Waals surface area contributed by atoms with Crippen molar-refractivity contribution in [2.75, 3.05) is 20.1 Å². The molecular weight excluding hydrogens is 318 g/mol. The minimum atomic E-state index is -3.71. The van der Waals surface area contributed by atoms with E-state index in [1.807, 2.05) is 0 Å². The molecule has 2 rings (SSSR count). The quantitative estimate of drug-likeness (QED) is 0.661. The summed E-state index contributed by atoms with van der Waals surface area (Å²) in [6.45, 7) is 2.96. The number of hydrogen-bond donors (Lipinski definition) is 1. The molecule has 1 unspecified atom stereocenters. The summed E-state index contributed by atoms with van der Waals surface area (Å²) in [5, 5.41) is 14.0. The zero-order chi connectivity index (χ0) is 14.9. The van der Waals surface area contributed by atoms with Crippen molar-refractivity contribution in [2.24, 2.45) is 0 Å². The molecule has 1 atom stereocenters. The maximum atomic E-state index is 12.5. The predicted octanol–water partition coefficient (Wildman–Crippen LogP) is 1.31. The summed E-state index contributed by atoms with van der Waals surface area (Å²) in [5.74, 6) is 0. The SMILES string of the molecule is Cc1ccc(S(=O)(=O)N(C)C2CCNC2)cc1[N+](=O)[O-].Cl. The van der Waals surface area contributed by atoms with E-state index < -0.39 is 14.9 Å². The first-order valence-corrected chi connectivity index (χ1v) is 7.72. The average molecular weight is 336 g/mol. The minimum absolute atomic E-state index is 0. The average Bonchev–Trinajstić information content (AvgIpc) is 2.91. The van der Waals surface area contributed by atoms with Crippen LogP contribution < -0.4 is 5.32 Å². The highest BCUT2D eigenvalue weighted by molar-refractivity contribution is 7.89. The standard InChI is InChI=1S/C12H17N3O4S.ClH/c1-9-3-4-11(7-12(9)15(16)17)20(18,19)14(2)10-5-6-13-8-10;/h3-4,7,10,13H,5-6,8H2,1-2H3;1H. The summed E-state index contributed by atoms with van der Waals surface area (Å²) in [6, 6.07) is 3.90. The fraction of sp³-hybridized carbons (Fsp3) is 0.500. The van der Waals surface area contributed by atoms with Gasteiger partial charge in [-0.05, 0) is 26.0 Å². The largest absolute Gasteiger partial charge is 0.315 e. The molecule has 0 saturated carbocycles. The van der Waals surface area contributed by atoms with E-state index in [0.717, 1.165) is 19.0 Å². The Bertz CT molecular complexity index is 629. The zero-order valence-corrected chi connectivity index (χ0v) is 13.4. The van der Waals surface area contributed by atoms with Crippen molar-refractivity contribution in [1.29, 1.82) is 0 Å². The van der Waals surface area contributed by atoms with Gasteiger partial charge in [-0.1, -0.05) is 6.07 Å². The lowest BCUT2D eigenvalue weighted by atomic mass is 10.2. The highest BCUT2D eigenvalue weighted by atomic mass is 35.5. The number of nitrogens with zero attached hydrogens (tertiary/aromatic N) is 2. The van der Waals surface area contributed by atoms with Crippen LogP contribution in [0.15, 0.2) is 23.1 Å². The molecule has 1 aromatic rings. The van der Waals surface area contributed by atoms with Crippen LogP contribution in [-0.4, -0.2) is 43.8 Å². The second-order valence-electron chi connectivity index (χ2n) is 4.87. The van der Waals surface area contributed by atoms with Crippen molar-refractivity contribution in [1.82, 2.24) is 9.62 Å². The van der Waals surface area contributed by atoms with Crippen molar-refractivity contribution in [3.8, 4) is 0 Å². The van der Waals surface area contributed by atoms with E-state index >= 15 is 0 Å². The molecule has 7 nitrogen and oxygen atoms in total. The molecule has 1 saturated heterocycles. The molecule has 0 radical (unpaired) electrons. The molecule has 1 heterocycles. The lowest BCUT2D eigenvalue weighted by Crippen LogP contribution is -2.38. The summed E-state index contributed by atoms with van der Waals surface area (Å²) in [4.78, 5) is 10.3. The summed E-state index contributed by atoms with van der Waals surface area (Å²) < 4.78 is 26.3. The predicted molar refractivity (Wildman–Crippen MR) is 81.3 cm³/mol. The molecule has 0 amide bonds. The summed E-state index contributed by atoms with van der Waals surface area (Å²) in [7, 11) is -2.19. The molecule has 1 aliphatic rings. The van der Waals surface area contributed by atoms with Gasteiger partial charge in [0.15, 0.2) is 0 Å². The van der Waals surface area contributed by atoms with Crippen LogP contribution in [0.4, 0.5) is 5.69 Å². The normalized spacial score (nSPS) is 18.5. The Balaban J connectivity index is 0.00000220. The van der Waals surface area contributed by atoms with Crippen molar-refractivity contribution < 1.29 is 13.3 Å². The fourth-order valence-electron chi connectivity index (χ4n) is 2.26. The molecule has 1 aliphatic heterocycles. The number of nitrogens with one attached hydrogen (secondary N) is 1. The molecular formula is C12H18ClN3O4S. The number of likely N-dealkylation sites (N-methyl/N-ethyl adjacent to an activating group) is 1. The molecule has 118 valence electrons. The first kappa shape index (κ1) is 17.8. The van der Waals surface area contributed by atoms with Gasteiger partial charge in [0.05, 0.1) is 9.82 Å². The zero-order valence-electron chi connectivity index (χ0n) is 11.8. The van der Waals surface area contributed by atoms with Gasteiger partial charge in [0, 0.05) is 31.3 Å². The Morgan fingerprint density at radius 2 is 2.10 bits per heavy atom. The topological polar surface area (TPSA) is 92.6 Å². The van der Waals surface area contributed by atoms with Gasteiger partial charge in [-0.15, -0.1) is 12.4 Å². The number of nitro groups is 1. The molecule has 1 fully saturated rings. The second-order valence-corrected chi connectivity index (χ2v) is 6.87. The highest BCUT2D eigenvalue weighted by Crippen LogP contribution is 2.25. The minimum Gasteiger partial charge on any atom is -0.315 e. The Kier molecular flexibility index (Phi) is 5.68. The number of nitro benzene ring substituents is 1. The van der Waals surface area contributed by atoms with Gasteiger partial charge in [0.25, 0.3) is 5.69 Å². The Morgan fingerprint density at radius 1 is 1.43 bits per heavy atom. The van der Waals surface area contributed by atoms with Crippen LogP contribution in [-0.2, 0) is 10.0 Å². The second kappa shape index (κ2) is 6.69. The molecule has 1 N–H and O–H groups in total. The van der Waals surface area contributed by atoms with Gasteiger partial charge in [-0.3, -0.25) is 10.1 Å². The van der Waals surface area contributed by atoms with Crippen LogP contribution in [0.2, 0.25) is 0 Å². The Labute approximate surface area is 129 Å². The first-order chi connectivity index (χ1) is 9.34. The molecule has 0 bridgehead atoms. The third-order valence-corrected chi connectivity index (χ3v) is 5.51. The van der Waals surface area contributed by atoms with Gasteiger partial charge >= 0.3 is 0 Å². The van der Waals surface area contributed by atoms with Crippen LogP contribution in [0.25, 0.3) is 0 Å². The smallest absolute Gasteiger partial charge is 0.273 e. The van der Waals surface area contributed by atoms with Crippen molar-refractivity contribution >= 4 is 28.1 Å². The van der Waals surface area contributed by atoms with Gasteiger partial charge in [-0.2, -0.15) is 4.31 Å². The molecule has 1 aromatic carbocycles. The molecule has 0 spiro atoms. The van der Waals surface area contributed by atoms with Crippen molar-refractivity contribution in [3.63, 3.8) is 0 Å². The van der Waals surface area contributed by atoms with Crippen LogP contribution in [0.1, 0.15) is 12.0 Å². The lowest BCUT2D eigenvalue weighted by molar-refractivity contribution is -0.385. The maximum absolute atomic E-state index is 12.5. The van der Waals surface area contributed by atoms with E-state index in [0.29, 0.717) is 12.1 Å². The maximum Gasteiger partial charge on any atom is 0.273 e. The van der Waals surface area contributed by atoms with Crippen LogP contribution in [0.5, 0.6) is 0 Å². The van der Waals surface area contributed by atoms with E-state index in [1.165, 1.54) is 23.5 Å². The van der Waals surface area contributed by atoms with E-state index in [1.54, 1.807) is 6.92 Å². The van der Waals surface area contributed by atoms with E-state index in [2.05, 4.69) is 5.32 Å². The number of rotatable bonds is 4.